The molecule has 4 N–H and O–H groups in total. The van der Waals surface area contributed by atoms with Crippen molar-refractivity contribution in [2.45, 2.75) is 88.8 Å². The second-order valence-electron chi connectivity index (χ2n) is 6.82. The number of ether oxygens (including phenoxy) is 1. The van der Waals surface area contributed by atoms with Gasteiger partial charge in [0.1, 0.15) is 11.7 Å². The van der Waals surface area contributed by atoms with Crippen LogP contribution in [0.25, 0.3) is 0 Å². The van der Waals surface area contributed by atoms with E-state index in [1.165, 1.54) is 6.92 Å². The van der Waals surface area contributed by atoms with Gasteiger partial charge in [0.2, 0.25) is 0 Å². The van der Waals surface area contributed by atoms with Crippen molar-refractivity contribution in [3.63, 3.8) is 0 Å². The van der Waals surface area contributed by atoms with E-state index in [0.717, 1.165) is 19.3 Å². The first-order valence-electron chi connectivity index (χ1n) is 8.45. The Labute approximate surface area is 140 Å². The van der Waals surface area contributed by atoms with Crippen LogP contribution in [0.15, 0.2) is 0 Å². The van der Waals surface area contributed by atoms with Gasteiger partial charge in [0, 0.05) is 0 Å². The van der Waals surface area contributed by atoms with Gasteiger partial charge in [-0.3, -0.25) is 0 Å². The van der Waals surface area contributed by atoms with Gasteiger partial charge in [0.25, 0.3) is 0 Å². The predicted octanol–water partition coefficient (Wildman–Crippen LogP) is 2.28. The third-order valence-electron chi connectivity index (χ3n) is 4.85. The monoisotopic (exact) mass is 355 g/mol. The summed E-state index contributed by atoms with van der Waals surface area (Å²) < 4.78 is 42.4. The molecule has 24 heavy (non-hydrogen) atoms. The number of carbonyl (C=O) groups excluding carboxylic acids is 1. The molecule has 0 aromatic rings. The summed E-state index contributed by atoms with van der Waals surface area (Å²) in [6, 6.07) is -1.31. The molecule has 0 aromatic carbocycles. The number of aliphatic hydroxyl groups excluding tert-OH is 1. The molecule has 1 saturated carbocycles. The molecule has 1 aliphatic rings. The molecule has 0 bridgehead atoms. The summed E-state index contributed by atoms with van der Waals surface area (Å²) in [6.07, 6.45) is -3.11. The van der Waals surface area contributed by atoms with Crippen LogP contribution in [0.2, 0.25) is 0 Å². The van der Waals surface area contributed by atoms with E-state index < -0.39 is 36.0 Å². The average Bonchev–Trinajstić information content (AvgIpc) is 2.51. The van der Waals surface area contributed by atoms with Gasteiger partial charge in [-0.1, -0.05) is 32.6 Å². The van der Waals surface area contributed by atoms with E-state index in [-0.39, 0.29) is 12.3 Å². The molecule has 5 nitrogen and oxygen atoms in total. The second kappa shape index (κ2) is 8.49. The zero-order valence-corrected chi connectivity index (χ0v) is 14.2. The van der Waals surface area contributed by atoms with Crippen molar-refractivity contribution in [1.82, 2.24) is 0 Å². The van der Waals surface area contributed by atoms with Gasteiger partial charge in [-0.05, 0) is 32.1 Å². The zero-order valence-electron chi connectivity index (χ0n) is 14.2. The summed E-state index contributed by atoms with van der Waals surface area (Å²) in [5.41, 5.74) is 4.14. The van der Waals surface area contributed by atoms with Crippen molar-refractivity contribution in [3.8, 4) is 0 Å². The molecule has 0 aromatic heterocycles. The summed E-state index contributed by atoms with van der Waals surface area (Å²) in [6.45, 7) is 3.07. The minimum atomic E-state index is -5.12. The van der Waals surface area contributed by atoms with Crippen LogP contribution in [-0.2, 0) is 9.53 Å². The van der Waals surface area contributed by atoms with E-state index in [9.17, 15) is 28.2 Å². The Kier molecular flexibility index (Phi) is 7.49. The molecule has 0 aliphatic heterocycles. The number of hydrogen-bond donors (Lipinski definition) is 3. The van der Waals surface area contributed by atoms with E-state index in [4.69, 9.17) is 5.73 Å². The highest BCUT2D eigenvalue weighted by Crippen LogP contribution is 2.34. The van der Waals surface area contributed by atoms with Gasteiger partial charge >= 0.3 is 12.1 Å². The van der Waals surface area contributed by atoms with Crippen LogP contribution >= 0.6 is 0 Å². The largest absolute Gasteiger partial charge is 0.490 e. The normalized spacial score (nSPS) is 23.2. The minimum absolute atomic E-state index is 0.241. The Hall–Kier alpha value is -0.860. The predicted molar refractivity (Wildman–Crippen MR) is 82.0 cm³/mol. The Morgan fingerprint density at radius 2 is 1.83 bits per heavy atom. The standard InChI is InChI=1S/C16H28F3NO4/c1-3-7-11(21)15(2,23)13(20)12(10-8-5-4-6-9-10)24-14(22)16(17,18)19/h10-13,21,23H,3-9,20H2,1-2H3/t11-,12?,13-,15-/m0/s1. The lowest BCUT2D eigenvalue weighted by atomic mass is 9.76. The molecule has 1 unspecified atom stereocenters. The van der Waals surface area contributed by atoms with E-state index in [1.54, 1.807) is 6.92 Å². The smallest absolute Gasteiger partial charge is 0.454 e. The number of aliphatic hydroxyl groups is 2. The maximum atomic E-state index is 12.6. The number of halogens is 3. The van der Waals surface area contributed by atoms with Crippen LogP contribution in [0, 0.1) is 5.92 Å². The maximum absolute atomic E-state index is 12.6. The van der Waals surface area contributed by atoms with Gasteiger partial charge in [-0.15, -0.1) is 0 Å². The lowest BCUT2D eigenvalue weighted by Crippen LogP contribution is -2.62. The summed E-state index contributed by atoms with van der Waals surface area (Å²) >= 11 is 0. The number of nitrogens with two attached hydrogens (primary N) is 1. The molecule has 4 atom stereocenters. The van der Waals surface area contributed by atoms with Gasteiger partial charge in [-0.25, -0.2) is 4.79 Å². The number of hydrogen-bond acceptors (Lipinski definition) is 5. The van der Waals surface area contributed by atoms with Crippen LogP contribution in [-0.4, -0.2) is 46.2 Å². The molecule has 0 spiro atoms. The van der Waals surface area contributed by atoms with Crippen LogP contribution in [0.3, 0.4) is 0 Å². The fraction of sp³-hybridized carbons (Fsp3) is 0.938. The fourth-order valence-electron chi connectivity index (χ4n) is 3.24. The Morgan fingerprint density at radius 3 is 2.29 bits per heavy atom. The molecule has 0 heterocycles. The van der Waals surface area contributed by atoms with Crippen LogP contribution in [0.4, 0.5) is 13.2 Å². The van der Waals surface area contributed by atoms with Crippen molar-refractivity contribution in [3.05, 3.63) is 0 Å². The van der Waals surface area contributed by atoms with Crippen LogP contribution in [0.5, 0.6) is 0 Å². The van der Waals surface area contributed by atoms with Crippen LogP contribution < -0.4 is 5.73 Å². The summed E-state index contributed by atoms with van der Waals surface area (Å²) in [5.74, 6) is -2.67. The summed E-state index contributed by atoms with van der Waals surface area (Å²) in [5, 5.41) is 20.6. The average molecular weight is 355 g/mol. The van der Waals surface area contributed by atoms with Crippen LogP contribution in [0.1, 0.15) is 58.8 Å². The summed E-state index contributed by atoms with van der Waals surface area (Å²) in [7, 11) is 0. The van der Waals surface area contributed by atoms with E-state index in [2.05, 4.69) is 4.74 Å². The lowest BCUT2D eigenvalue weighted by Gasteiger charge is -2.42. The number of esters is 1. The van der Waals surface area contributed by atoms with Gasteiger partial charge < -0.3 is 20.7 Å². The number of alkyl halides is 3. The summed E-state index contributed by atoms with van der Waals surface area (Å²) in [4.78, 5) is 11.3. The first-order chi connectivity index (χ1) is 11.0. The van der Waals surface area contributed by atoms with Crippen molar-refractivity contribution in [1.29, 1.82) is 0 Å². The van der Waals surface area contributed by atoms with Crippen molar-refractivity contribution in [2.75, 3.05) is 0 Å². The first-order valence-corrected chi connectivity index (χ1v) is 8.45. The molecule has 142 valence electrons. The van der Waals surface area contributed by atoms with E-state index in [0.29, 0.717) is 19.3 Å². The highest BCUT2D eigenvalue weighted by atomic mass is 19.4. The third kappa shape index (κ3) is 5.32. The fourth-order valence-corrected chi connectivity index (χ4v) is 3.24. The Bertz CT molecular complexity index is 409. The topological polar surface area (TPSA) is 92.8 Å². The molecule has 0 radical (unpaired) electrons. The SMILES string of the molecule is CCC[C@H](O)[C@](C)(O)[C@@H](N)C(OC(=O)C(F)(F)F)C1CCCCC1. The molecule has 8 heteroatoms. The van der Waals surface area contributed by atoms with Crippen molar-refractivity contribution >= 4 is 5.97 Å². The van der Waals surface area contributed by atoms with Gasteiger partial charge in [-0.2, -0.15) is 13.2 Å². The van der Waals surface area contributed by atoms with E-state index in [1.807, 2.05) is 0 Å². The molecule has 1 aliphatic carbocycles. The highest BCUT2D eigenvalue weighted by molar-refractivity contribution is 5.75. The minimum Gasteiger partial charge on any atom is -0.454 e. The van der Waals surface area contributed by atoms with Gasteiger partial charge in [0.05, 0.1) is 12.1 Å². The molecule has 0 amide bonds. The molecule has 1 rings (SSSR count). The first kappa shape index (κ1) is 21.2. The second-order valence-corrected chi connectivity index (χ2v) is 6.82. The third-order valence-corrected chi connectivity index (χ3v) is 4.85. The zero-order chi connectivity index (χ0) is 18.5. The number of carbonyl (C=O) groups is 1. The Balaban J connectivity index is 3.00. The molecular formula is C16H28F3NO4. The van der Waals surface area contributed by atoms with Crippen molar-refractivity contribution < 1.29 is 32.9 Å². The lowest BCUT2D eigenvalue weighted by molar-refractivity contribution is -0.213. The molecule has 0 saturated heterocycles. The van der Waals surface area contributed by atoms with Crippen molar-refractivity contribution in [2.24, 2.45) is 11.7 Å². The molecule has 1 fully saturated rings. The quantitative estimate of drug-likeness (QED) is 0.609. The van der Waals surface area contributed by atoms with Gasteiger partial charge in [0.15, 0.2) is 0 Å². The Morgan fingerprint density at radius 1 is 1.29 bits per heavy atom. The number of rotatable bonds is 7. The van der Waals surface area contributed by atoms with E-state index >= 15 is 0 Å². The molecular weight excluding hydrogens is 327 g/mol. The maximum Gasteiger partial charge on any atom is 0.490 e. The highest BCUT2D eigenvalue weighted by Gasteiger charge is 2.49.